The lowest BCUT2D eigenvalue weighted by molar-refractivity contribution is 0.0570. The zero-order chi connectivity index (χ0) is 26.2. The van der Waals surface area contributed by atoms with Gasteiger partial charge in [-0.3, -0.25) is 14.2 Å². The molecule has 2 bridgehead atoms. The molecule has 38 heavy (non-hydrogen) atoms. The Morgan fingerprint density at radius 1 is 1.13 bits per heavy atom. The fourth-order valence-electron chi connectivity index (χ4n) is 7.62. The van der Waals surface area contributed by atoms with Gasteiger partial charge in [0.25, 0.3) is 5.91 Å². The summed E-state index contributed by atoms with van der Waals surface area (Å²) in [6.07, 6.45) is 6.93. The quantitative estimate of drug-likeness (QED) is 0.502. The van der Waals surface area contributed by atoms with Gasteiger partial charge < -0.3 is 10.2 Å². The van der Waals surface area contributed by atoms with Crippen LogP contribution in [0.1, 0.15) is 49.4 Å². The molecule has 1 N–H and O–H groups in total. The van der Waals surface area contributed by atoms with E-state index in [1.54, 1.807) is 23.9 Å². The minimum absolute atomic E-state index is 0.0318. The van der Waals surface area contributed by atoms with Crippen LogP contribution in [-0.2, 0) is 0 Å². The van der Waals surface area contributed by atoms with Crippen LogP contribution in [0, 0.1) is 35.3 Å². The molecule has 3 aliphatic carbocycles. The average Bonchev–Trinajstić information content (AvgIpc) is 3.49. The van der Waals surface area contributed by atoms with E-state index in [1.807, 2.05) is 0 Å². The third kappa shape index (κ3) is 3.92. The number of nitrogens with zero attached hydrogens (tertiary/aromatic N) is 3. The van der Waals surface area contributed by atoms with Gasteiger partial charge in [0.1, 0.15) is 23.0 Å². The lowest BCUT2D eigenvalue weighted by atomic mass is 9.62. The molecular formula is C29H30F2N4O2S. The van der Waals surface area contributed by atoms with Crippen molar-refractivity contribution in [1.82, 2.24) is 14.9 Å². The number of carbonyl (C=O) groups excluding carboxylic acids is 1. The number of hydrogen-bond acceptors (Lipinski definition) is 5. The van der Waals surface area contributed by atoms with E-state index in [0.29, 0.717) is 17.7 Å². The number of aromatic nitrogens is 2. The van der Waals surface area contributed by atoms with E-state index in [1.165, 1.54) is 36.1 Å². The summed E-state index contributed by atoms with van der Waals surface area (Å²) in [5, 5.41) is 3.44. The van der Waals surface area contributed by atoms with Crippen LogP contribution in [0.5, 0.6) is 0 Å². The molecule has 3 heterocycles. The van der Waals surface area contributed by atoms with Crippen molar-refractivity contribution in [2.75, 3.05) is 23.1 Å². The number of hydrogen-bond donors (Lipinski definition) is 1. The number of thioether (sulfide) groups is 1. The molecule has 9 heteroatoms. The van der Waals surface area contributed by atoms with E-state index in [-0.39, 0.29) is 22.3 Å². The lowest BCUT2D eigenvalue weighted by Gasteiger charge is -2.46. The summed E-state index contributed by atoms with van der Waals surface area (Å²) in [5.74, 6) is 3.35. The molecular weight excluding hydrogens is 506 g/mol. The van der Waals surface area contributed by atoms with E-state index in [0.717, 1.165) is 55.0 Å². The monoisotopic (exact) mass is 536 g/mol. The first-order valence-corrected chi connectivity index (χ1v) is 14.6. The molecule has 198 valence electrons. The number of fused-ring (bicyclic) bond motifs is 2. The van der Waals surface area contributed by atoms with Gasteiger partial charge in [-0.05, 0) is 87.0 Å². The summed E-state index contributed by atoms with van der Waals surface area (Å²) in [6, 6.07) is 6.72. The Balaban J connectivity index is 1.31. The molecule has 3 saturated carbocycles. The zero-order valence-corrected chi connectivity index (χ0v) is 22.1. The smallest absolute Gasteiger partial charge is 0.257 e. The van der Waals surface area contributed by atoms with Crippen LogP contribution in [0.4, 0.5) is 14.6 Å². The number of amides is 1. The highest BCUT2D eigenvalue weighted by Gasteiger charge is 2.53. The summed E-state index contributed by atoms with van der Waals surface area (Å²) in [4.78, 5) is 34.2. The van der Waals surface area contributed by atoms with Gasteiger partial charge in [-0.1, -0.05) is 0 Å². The SMILES string of the molecule is CC1(NC(=O)c2cn(-c3ccc(F)cc3F)c3nc(N4CCSC4)ccc3c2=O)CC2CC3CC(C1)C3C2. The second-order valence-electron chi connectivity index (χ2n) is 11.9. The van der Waals surface area contributed by atoms with Gasteiger partial charge in [0, 0.05) is 30.1 Å². The van der Waals surface area contributed by atoms with Gasteiger partial charge >= 0.3 is 0 Å². The third-order valence-corrected chi connectivity index (χ3v) is 10.2. The van der Waals surface area contributed by atoms with Crippen LogP contribution in [0.3, 0.4) is 0 Å². The molecule has 2 aromatic heterocycles. The van der Waals surface area contributed by atoms with Gasteiger partial charge in [0.2, 0.25) is 5.43 Å². The van der Waals surface area contributed by atoms with Crippen molar-refractivity contribution < 1.29 is 13.6 Å². The summed E-state index contributed by atoms with van der Waals surface area (Å²) in [5.41, 5.74) is -0.618. The van der Waals surface area contributed by atoms with Gasteiger partial charge in [-0.2, -0.15) is 0 Å². The van der Waals surface area contributed by atoms with Crippen molar-refractivity contribution in [3.63, 3.8) is 0 Å². The second-order valence-corrected chi connectivity index (χ2v) is 12.9. The summed E-state index contributed by atoms with van der Waals surface area (Å²) < 4.78 is 30.2. The Hall–Kier alpha value is -2.94. The predicted molar refractivity (Wildman–Crippen MR) is 145 cm³/mol. The van der Waals surface area contributed by atoms with E-state index >= 15 is 4.39 Å². The number of anilines is 1. The van der Waals surface area contributed by atoms with E-state index in [2.05, 4.69) is 17.1 Å². The van der Waals surface area contributed by atoms with Gasteiger partial charge in [0.15, 0.2) is 5.65 Å². The molecule has 1 amide bonds. The molecule has 0 spiro atoms. The molecule has 5 atom stereocenters. The molecule has 1 aromatic carbocycles. The number of nitrogens with one attached hydrogen (secondary N) is 1. The van der Waals surface area contributed by atoms with E-state index in [9.17, 15) is 14.0 Å². The minimum Gasteiger partial charge on any atom is -0.347 e. The Bertz CT molecular complexity index is 1510. The first kappa shape index (κ1) is 24.1. The highest BCUT2D eigenvalue weighted by atomic mass is 32.2. The van der Waals surface area contributed by atoms with Crippen molar-refractivity contribution in [2.45, 2.75) is 44.6 Å². The molecule has 1 saturated heterocycles. The summed E-state index contributed by atoms with van der Waals surface area (Å²) in [6.45, 7) is 2.92. The van der Waals surface area contributed by atoms with E-state index in [4.69, 9.17) is 4.98 Å². The molecule has 4 aliphatic rings. The average molecular weight is 537 g/mol. The first-order chi connectivity index (χ1) is 18.3. The van der Waals surface area contributed by atoms with Crippen molar-refractivity contribution in [3.8, 4) is 5.69 Å². The number of pyridine rings is 2. The number of carbonyl (C=O) groups is 1. The molecule has 5 unspecified atom stereocenters. The molecule has 7 rings (SSSR count). The van der Waals surface area contributed by atoms with Crippen molar-refractivity contribution in [3.05, 3.63) is 63.9 Å². The summed E-state index contributed by atoms with van der Waals surface area (Å²) in [7, 11) is 0. The predicted octanol–water partition coefficient (Wildman–Crippen LogP) is 5.12. The maximum absolute atomic E-state index is 15.0. The first-order valence-electron chi connectivity index (χ1n) is 13.4. The largest absolute Gasteiger partial charge is 0.347 e. The Kier molecular flexibility index (Phi) is 5.58. The Morgan fingerprint density at radius 2 is 2.00 bits per heavy atom. The highest BCUT2D eigenvalue weighted by molar-refractivity contribution is 7.99. The standard InChI is InChI=1S/C29H30F2N4O2S/c1-29(12-16-8-17-10-18(13-29)21(17)9-16)33-28(37)22-14-35(24-4-2-19(30)11-23(24)31)27-20(26(22)36)3-5-25(32-27)34-6-7-38-15-34/h2-5,11,14,16-18,21H,6-10,12-13,15H2,1H3,(H,33,37). The van der Waals surface area contributed by atoms with Gasteiger partial charge in [0.05, 0.1) is 17.0 Å². The number of benzene rings is 1. The Morgan fingerprint density at radius 3 is 2.79 bits per heavy atom. The van der Waals surface area contributed by atoms with Crippen LogP contribution in [-0.4, -0.2) is 39.2 Å². The maximum Gasteiger partial charge on any atom is 0.257 e. The molecule has 0 radical (unpaired) electrons. The van der Waals surface area contributed by atoms with Crippen LogP contribution in [0.2, 0.25) is 0 Å². The fraction of sp³-hybridized carbons (Fsp3) is 0.483. The van der Waals surface area contributed by atoms with Crippen molar-refractivity contribution >= 4 is 34.5 Å². The number of halogens is 2. The minimum atomic E-state index is -0.795. The van der Waals surface area contributed by atoms with Crippen molar-refractivity contribution in [1.29, 1.82) is 0 Å². The summed E-state index contributed by atoms with van der Waals surface area (Å²) >= 11 is 1.78. The van der Waals surface area contributed by atoms with Crippen molar-refractivity contribution in [2.24, 2.45) is 23.7 Å². The Labute approximate surface area is 223 Å². The maximum atomic E-state index is 15.0. The lowest BCUT2D eigenvalue weighted by Crippen LogP contribution is -2.51. The highest BCUT2D eigenvalue weighted by Crippen LogP contribution is 2.60. The van der Waals surface area contributed by atoms with Crippen LogP contribution in [0.15, 0.2) is 41.3 Å². The van der Waals surface area contributed by atoms with Crippen LogP contribution < -0.4 is 15.6 Å². The van der Waals surface area contributed by atoms with Gasteiger partial charge in [-0.25, -0.2) is 13.8 Å². The molecule has 4 fully saturated rings. The topological polar surface area (TPSA) is 67.2 Å². The number of rotatable bonds is 4. The molecule has 6 nitrogen and oxygen atoms in total. The van der Waals surface area contributed by atoms with Crippen LogP contribution >= 0.6 is 11.8 Å². The second kappa shape index (κ2) is 8.79. The third-order valence-electron chi connectivity index (χ3n) is 9.25. The fourth-order valence-corrected chi connectivity index (χ4v) is 8.58. The van der Waals surface area contributed by atoms with Crippen LogP contribution in [0.25, 0.3) is 16.7 Å². The normalized spacial score (nSPS) is 29.8. The molecule has 1 aliphatic heterocycles. The molecule has 3 aromatic rings. The van der Waals surface area contributed by atoms with E-state index < -0.39 is 28.5 Å². The van der Waals surface area contributed by atoms with Gasteiger partial charge in [-0.15, -0.1) is 11.8 Å². The zero-order valence-electron chi connectivity index (χ0n) is 21.3.